The number of benzene rings is 1. The molecule has 0 aromatic heterocycles. The molecule has 2 aliphatic rings. The van der Waals surface area contributed by atoms with Crippen LogP contribution in [0.5, 0.6) is 0 Å². The van der Waals surface area contributed by atoms with Gasteiger partial charge in [0.2, 0.25) is 0 Å². The molecule has 1 aliphatic carbocycles. The van der Waals surface area contributed by atoms with Gasteiger partial charge in [0.1, 0.15) is 0 Å². The highest BCUT2D eigenvalue weighted by Crippen LogP contribution is 2.36. The number of hydrogen-bond acceptors (Lipinski definition) is 3. The van der Waals surface area contributed by atoms with Gasteiger partial charge in [-0.2, -0.15) is 0 Å². The zero-order valence-corrected chi connectivity index (χ0v) is 15.3. The number of carbonyl (C=O) groups is 2. The molecule has 5 nitrogen and oxygen atoms in total. The Labute approximate surface area is 153 Å². The Morgan fingerprint density at radius 2 is 2.00 bits per heavy atom. The molecule has 1 saturated carbocycles. The molecule has 2 amide bonds. The lowest BCUT2D eigenvalue weighted by molar-refractivity contribution is 0.0391. The lowest BCUT2D eigenvalue weighted by Gasteiger charge is -2.44. The summed E-state index contributed by atoms with van der Waals surface area (Å²) in [6, 6.07) is 5.34. The summed E-state index contributed by atoms with van der Waals surface area (Å²) in [7, 11) is 0. The number of carbonyl (C=O) groups excluding carboxylic acids is 2. The number of piperidine rings is 1. The highest BCUT2D eigenvalue weighted by molar-refractivity contribution is 6.34. The van der Waals surface area contributed by atoms with Crippen LogP contribution in [0.2, 0.25) is 5.02 Å². The van der Waals surface area contributed by atoms with Gasteiger partial charge >= 0.3 is 6.09 Å². The minimum atomic E-state index is -0.529. The van der Waals surface area contributed by atoms with Crippen molar-refractivity contribution in [2.45, 2.75) is 51.5 Å². The molecule has 6 heteroatoms. The number of hydrogen-bond donors (Lipinski definition) is 1. The van der Waals surface area contributed by atoms with Gasteiger partial charge in [0, 0.05) is 18.3 Å². The fourth-order valence-electron chi connectivity index (χ4n) is 4.08. The lowest BCUT2D eigenvalue weighted by atomic mass is 9.78. The molecule has 2 fully saturated rings. The summed E-state index contributed by atoms with van der Waals surface area (Å²) < 4.78 is 4.85. The molecule has 0 radical (unpaired) electrons. The highest BCUT2D eigenvalue weighted by Gasteiger charge is 2.36. The molecule has 136 valence electrons. The third-order valence-corrected chi connectivity index (χ3v) is 5.54. The summed E-state index contributed by atoms with van der Waals surface area (Å²) in [5.74, 6) is 0.638. The molecule has 3 rings (SSSR count). The zero-order valence-electron chi connectivity index (χ0n) is 14.6. The molecule has 1 aromatic carbocycles. The van der Waals surface area contributed by atoms with Crippen molar-refractivity contribution in [3.63, 3.8) is 0 Å². The van der Waals surface area contributed by atoms with Crippen LogP contribution in [-0.2, 0) is 4.74 Å². The Hall–Kier alpha value is -1.75. The van der Waals surface area contributed by atoms with Crippen LogP contribution >= 0.6 is 11.6 Å². The predicted octanol–water partition coefficient (Wildman–Crippen LogP) is 4.70. The first-order valence-electron chi connectivity index (χ1n) is 9.14. The predicted molar refractivity (Wildman–Crippen MR) is 98.1 cm³/mol. The highest BCUT2D eigenvalue weighted by atomic mass is 35.5. The van der Waals surface area contributed by atoms with Crippen molar-refractivity contribution in [1.29, 1.82) is 0 Å². The maximum Gasteiger partial charge on any atom is 0.411 e. The van der Waals surface area contributed by atoms with Crippen LogP contribution in [0.25, 0.3) is 0 Å². The van der Waals surface area contributed by atoms with Crippen molar-refractivity contribution in [2.24, 2.45) is 5.92 Å². The quantitative estimate of drug-likeness (QED) is 0.845. The number of ether oxygens (including phenoxy) is 1. The number of fused-ring (bicyclic) bond motifs is 1. The van der Waals surface area contributed by atoms with E-state index in [0.29, 0.717) is 34.8 Å². The standard InChI is InChI=1S/C19H25ClN2O3/c1-2-25-19(24)21-14-9-10-15(16(20)12-14)18(23)22-11-5-7-13-6-3-4-8-17(13)22/h9-10,12-13,17H,2-8,11H2,1H3,(H,21,24)/t13-,17-/m1/s1. The van der Waals surface area contributed by atoms with Gasteiger partial charge < -0.3 is 9.64 Å². The van der Waals surface area contributed by atoms with E-state index >= 15 is 0 Å². The van der Waals surface area contributed by atoms with Crippen LogP contribution in [-0.4, -0.2) is 36.1 Å². The number of rotatable bonds is 3. The van der Waals surface area contributed by atoms with E-state index in [-0.39, 0.29) is 5.91 Å². The van der Waals surface area contributed by atoms with E-state index in [4.69, 9.17) is 16.3 Å². The second-order valence-electron chi connectivity index (χ2n) is 6.79. The van der Waals surface area contributed by atoms with Crippen LogP contribution in [0.4, 0.5) is 10.5 Å². The Morgan fingerprint density at radius 3 is 2.76 bits per heavy atom. The van der Waals surface area contributed by atoms with Gasteiger partial charge in [-0.15, -0.1) is 0 Å². The number of nitrogens with zero attached hydrogens (tertiary/aromatic N) is 1. The molecular formula is C19H25ClN2O3. The first-order valence-corrected chi connectivity index (χ1v) is 9.52. The third-order valence-electron chi connectivity index (χ3n) is 5.23. The number of likely N-dealkylation sites (tertiary alicyclic amines) is 1. The van der Waals surface area contributed by atoms with Gasteiger partial charge in [-0.25, -0.2) is 4.79 Å². The van der Waals surface area contributed by atoms with Crippen molar-refractivity contribution in [1.82, 2.24) is 4.90 Å². The van der Waals surface area contributed by atoms with E-state index in [9.17, 15) is 9.59 Å². The fourth-order valence-corrected chi connectivity index (χ4v) is 4.34. The SMILES string of the molecule is CCOC(=O)Nc1ccc(C(=O)N2CCC[C@H]3CCCC[C@H]32)c(Cl)c1. The summed E-state index contributed by atoms with van der Waals surface area (Å²) in [5.41, 5.74) is 1.02. The van der Waals surface area contributed by atoms with Gasteiger partial charge in [-0.3, -0.25) is 10.1 Å². The van der Waals surface area contributed by atoms with Crippen LogP contribution in [0.3, 0.4) is 0 Å². The van der Waals surface area contributed by atoms with Crippen LogP contribution < -0.4 is 5.32 Å². The molecule has 2 atom stereocenters. The monoisotopic (exact) mass is 364 g/mol. The number of nitrogens with one attached hydrogen (secondary N) is 1. The van der Waals surface area contributed by atoms with Gasteiger partial charge in [0.15, 0.2) is 0 Å². The Kier molecular flexibility index (Phi) is 5.84. The molecule has 1 heterocycles. The Morgan fingerprint density at radius 1 is 1.24 bits per heavy atom. The van der Waals surface area contributed by atoms with Crippen molar-refractivity contribution in [2.75, 3.05) is 18.5 Å². The third kappa shape index (κ3) is 4.09. The van der Waals surface area contributed by atoms with E-state index in [1.807, 2.05) is 4.90 Å². The maximum atomic E-state index is 13.0. The van der Waals surface area contributed by atoms with Gasteiger partial charge in [-0.05, 0) is 56.7 Å². The van der Waals surface area contributed by atoms with Crippen molar-refractivity contribution < 1.29 is 14.3 Å². The van der Waals surface area contributed by atoms with E-state index in [1.165, 1.54) is 25.7 Å². The van der Waals surface area contributed by atoms with Crippen molar-refractivity contribution in [3.8, 4) is 0 Å². The van der Waals surface area contributed by atoms with Crippen LogP contribution in [0, 0.1) is 5.92 Å². The van der Waals surface area contributed by atoms with E-state index in [2.05, 4.69) is 5.32 Å². The summed E-state index contributed by atoms with van der Waals surface area (Å²) in [6.45, 7) is 2.85. The average molecular weight is 365 g/mol. The molecule has 0 bridgehead atoms. The minimum absolute atomic E-state index is 0.00397. The molecule has 0 unspecified atom stereocenters. The lowest BCUT2D eigenvalue weighted by Crippen LogP contribution is -2.49. The van der Waals surface area contributed by atoms with E-state index in [0.717, 1.165) is 19.4 Å². The maximum absolute atomic E-state index is 13.0. The number of anilines is 1. The zero-order chi connectivity index (χ0) is 17.8. The number of halogens is 1. The molecule has 1 aromatic rings. The van der Waals surface area contributed by atoms with Crippen LogP contribution in [0.1, 0.15) is 55.8 Å². The van der Waals surface area contributed by atoms with Crippen molar-refractivity contribution >= 4 is 29.3 Å². The molecule has 1 saturated heterocycles. The Bertz CT molecular complexity index is 648. The summed E-state index contributed by atoms with van der Waals surface area (Å²) >= 11 is 6.34. The van der Waals surface area contributed by atoms with E-state index in [1.54, 1.807) is 25.1 Å². The smallest absolute Gasteiger partial charge is 0.411 e. The second kappa shape index (κ2) is 8.09. The van der Waals surface area contributed by atoms with Gasteiger partial charge in [0.25, 0.3) is 5.91 Å². The summed E-state index contributed by atoms with van der Waals surface area (Å²) in [5, 5.41) is 2.96. The first-order chi connectivity index (χ1) is 12.1. The Balaban J connectivity index is 1.74. The largest absolute Gasteiger partial charge is 0.450 e. The minimum Gasteiger partial charge on any atom is -0.450 e. The van der Waals surface area contributed by atoms with Gasteiger partial charge in [-0.1, -0.05) is 24.4 Å². The van der Waals surface area contributed by atoms with Crippen molar-refractivity contribution in [3.05, 3.63) is 28.8 Å². The average Bonchev–Trinajstić information content (AvgIpc) is 2.61. The molecule has 25 heavy (non-hydrogen) atoms. The molecule has 0 spiro atoms. The molecule has 1 aliphatic heterocycles. The normalized spacial score (nSPS) is 22.9. The molecule has 1 N–H and O–H groups in total. The summed E-state index contributed by atoms with van der Waals surface area (Å²) in [4.78, 5) is 26.6. The topological polar surface area (TPSA) is 58.6 Å². The second-order valence-corrected chi connectivity index (χ2v) is 7.20. The van der Waals surface area contributed by atoms with Gasteiger partial charge in [0.05, 0.1) is 17.2 Å². The molecular weight excluding hydrogens is 340 g/mol. The van der Waals surface area contributed by atoms with E-state index < -0.39 is 6.09 Å². The first kappa shape index (κ1) is 18.1. The fraction of sp³-hybridized carbons (Fsp3) is 0.579. The van der Waals surface area contributed by atoms with Crippen LogP contribution in [0.15, 0.2) is 18.2 Å². The summed E-state index contributed by atoms with van der Waals surface area (Å²) in [6.07, 6.45) is 6.55. The number of amides is 2.